The smallest absolute Gasteiger partial charge is 0.334 e. The van der Waals surface area contributed by atoms with Gasteiger partial charge in [-0.3, -0.25) is 10.1 Å². The van der Waals surface area contributed by atoms with E-state index in [2.05, 4.69) is 20.4 Å². The van der Waals surface area contributed by atoms with Crippen molar-refractivity contribution in [1.29, 1.82) is 0 Å². The van der Waals surface area contributed by atoms with E-state index in [1.165, 1.54) is 11.0 Å². The number of nitrogens with one attached hydrogen (secondary N) is 1. The highest BCUT2D eigenvalue weighted by Gasteiger charge is 2.26. The molecule has 0 amide bonds. The zero-order valence-corrected chi connectivity index (χ0v) is 14.6. The second kappa shape index (κ2) is 6.48. The molecule has 0 saturated carbocycles. The normalized spacial score (nSPS) is 10.7. The summed E-state index contributed by atoms with van der Waals surface area (Å²) in [7, 11) is 0. The van der Waals surface area contributed by atoms with E-state index in [1.807, 2.05) is 26.0 Å². The van der Waals surface area contributed by atoms with Crippen LogP contribution >= 0.6 is 11.6 Å². The SMILES string of the molecule is Cc1cc(C)n(-c2ncnc(Nc3ccc(C)c(Cl)c3)c2[N+](=O)[O-])n1. The number of hydrogen-bond acceptors (Lipinski definition) is 6. The highest BCUT2D eigenvalue weighted by Crippen LogP contribution is 2.31. The molecule has 0 unspecified atom stereocenters. The molecule has 0 spiro atoms. The Morgan fingerprint density at radius 2 is 1.96 bits per heavy atom. The Balaban J connectivity index is 2.11. The van der Waals surface area contributed by atoms with Gasteiger partial charge in [0.1, 0.15) is 6.33 Å². The molecule has 1 N–H and O–H groups in total. The first-order valence-electron chi connectivity index (χ1n) is 7.43. The summed E-state index contributed by atoms with van der Waals surface area (Å²) in [6.45, 7) is 5.49. The molecule has 0 aliphatic rings. The van der Waals surface area contributed by atoms with Gasteiger partial charge in [-0.15, -0.1) is 0 Å². The molecule has 1 aromatic carbocycles. The summed E-state index contributed by atoms with van der Waals surface area (Å²) in [5.41, 5.74) is 2.73. The third kappa shape index (κ3) is 3.29. The maximum atomic E-state index is 11.7. The number of aryl methyl sites for hydroxylation is 3. The van der Waals surface area contributed by atoms with E-state index in [9.17, 15) is 10.1 Å². The molecule has 9 heteroatoms. The summed E-state index contributed by atoms with van der Waals surface area (Å²) < 4.78 is 1.43. The van der Waals surface area contributed by atoms with Crippen LogP contribution in [-0.2, 0) is 0 Å². The fraction of sp³-hybridized carbons (Fsp3) is 0.188. The standard InChI is InChI=1S/C16H15ClN6O2/c1-9-4-5-12(7-13(9)17)20-15-14(23(24)25)16(19-8-18-15)22-11(3)6-10(2)21-22/h4-8H,1-3H3,(H,18,19,20). The van der Waals surface area contributed by atoms with E-state index in [1.54, 1.807) is 19.1 Å². The van der Waals surface area contributed by atoms with Crippen LogP contribution in [0.5, 0.6) is 0 Å². The lowest BCUT2D eigenvalue weighted by Crippen LogP contribution is -2.09. The number of rotatable bonds is 4. The summed E-state index contributed by atoms with van der Waals surface area (Å²) in [6, 6.07) is 7.10. The van der Waals surface area contributed by atoms with E-state index in [0.29, 0.717) is 10.7 Å². The zero-order valence-electron chi connectivity index (χ0n) is 13.8. The lowest BCUT2D eigenvalue weighted by molar-refractivity contribution is -0.384. The van der Waals surface area contributed by atoms with Crippen molar-refractivity contribution < 1.29 is 4.92 Å². The summed E-state index contributed by atoms with van der Waals surface area (Å²) in [5.74, 6) is 0.175. The number of anilines is 2. The van der Waals surface area contributed by atoms with Crippen LogP contribution in [0.2, 0.25) is 5.02 Å². The molecule has 0 aliphatic carbocycles. The Morgan fingerprint density at radius 1 is 1.20 bits per heavy atom. The third-order valence-corrected chi connectivity index (χ3v) is 4.04. The summed E-state index contributed by atoms with van der Waals surface area (Å²) >= 11 is 6.11. The molecule has 8 nitrogen and oxygen atoms in total. The largest absolute Gasteiger partial charge is 0.355 e. The van der Waals surface area contributed by atoms with Crippen molar-refractivity contribution in [2.45, 2.75) is 20.8 Å². The molecule has 2 aromatic heterocycles. The molecule has 0 radical (unpaired) electrons. The Bertz CT molecular complexity index is 969. The van der Waals surface area contributed by atoms with Gasteiger partial charge < -0.3 is 5.32 Å². The van der Waals surface area contributed by atoms with Crippen LogP contribution in [0.1, 0.15) is 17.0 Å². The quantitative estimate of drug-likeness (QED) is 0.561. The third-order valence-electron chi connectivity index (χ3n) is 3.63. The number of nitrogens with zero attached hydrogens (tertiary/aromatic N) is 5. The lowest BCUT2D eigenvalue weighted by Gasteiger charge is -2.10. The van der Waals surface area contributed by atoms with Crippen LogP contribution < -0.4 is 5.32 Å². The average Bonchev–Trinajstić information content (AvgIpc) is 2.89. The number of aromatic nitrogens is 4. The minimum atomic E-state index is -0.524. The first kappa shape index (κ1) is 16.8. The molecule has 0 aliphatic heterocycles. The first-order chi connectivity index (χ1) is 11.9. The van der Waals surface area contributed by atoms with E-state index >= 15 is 0 Å². The number of halogens is 1. The maximum absolute atomic E-state index is 11.7. The molecule has 0 fully saturated rings. The minimum Gasteiger partial charge on any atom is -0.334 e. The van der Waals surface area contributed by atoms with Crippen LogP contribution in [0.15, 0.2) is 30.6 Å². The van der Waals surface area contributed by atoms with Gasteiger partial charge in [0.2, 0.25) is 11.6 Å². The molecule has 25 heavy (non-hydrogen) atoms. The van der Waals surface area contributed by atoms with Crippen molar-refractivity contribution in [3.8, 4) is 5.82 Å². The fourth-order valence-corrected chi connectivity index (χ4v) is 2.62. The summed E-state index contributed by atoms with van der Waals surface area (Å²) in [4.78, 5) is 19.2. The monoisotopic (exact) mass is 358 g/mol. The van der Waals surface area contributed by atoms with Gasteiger partial charge in [0.05, 0.1) is 10.6 Å². The van der Waals surface area contributed by atoms with Crippen LogP contribution in [0.25, 0.3) is 5.82 Å². The topological polar surface area (TPSA) is 98.8 Å². The molecule has 0 saturated heterocycles. The minimum absolute atomic E-state index is 0.0717. The molecular weight excluding hydrogens is 344 g/mol. The fourth-order valence-electron chi connectivity index (χ4n) is 2.43. The molecule has 3 aromatic rings. The van der Waals surface area contributed by atoms with Gasteiger partial charge in [0.25, 0.3) is 0 Å². The predicted molar refractivity (Wildman–Crippen MR) is 94.8 cm³/mol. The molecule has 2 heterocycles. The van der Waals surface area contributed by atoms with Crippen molar-refractivity contribution in [3.05, 3.63) is 62.7 Å². The van der Waals surface area contributed by atoms with Crippen molar-refractivity contribution in [1.82, 2.24) is 19.7 Å². The van der Waals surface area contributed by atoms with Gasteiger partial charge in [-0.05, 0) is 44.5 Å². The van der Waals surface area contributed by atoms with Crippen LogP contribution in [0, 0.1) is 30.9 Å². The van der Waals surface area contributed by atoms with Crippen molar-refractivity contribution >= 4 is 28.8 Å². The van der Waals surface area contributed by atoms with E-state index < -0.39 is 4.92 Å². The van der Waals surface area contributed by atoms with Crippen LogP contribution in [-0.4, -0.2) is 24.7 Å². The Morgan fingerprint density at radius 3 is 2.56 bits per heavy atom. The van der Waals surface area contributed by atoms with Crippen LogP contribution in [0.4, 0.5) is 17.2 Å². The lowest BCUT2D eigenvalue weighted by atomic mass is 10.2. The Kier molecular flexibility index (Phi) is 4.37. The van der Waals surface area contributed by atoms with Gasteiger partial charge in [-0.2, -0.15) is 5.10 Å². The number of benzene rings is 1. The highest BCUT2D eigenvalue weighted by atomic mass is 35.5. The Labute approximate surface area is 148 Å². The number of hydrogen-bond donors (Lipinski definition) is 1. The van der Waals surface area contributed by atoms with Crippen LogP contribution in [0.3, 0.4) is 0 Å². The van der Waals surface area contributed by atoms with Crippen molar-refractivity contribution in [2.24, 2.45) is 0 Å². The zero-order chi connectivity index (χ0) is 18.1. The summed E-state index contributed by atoms with van der Waals surface area (Å²) in [6.07, 6.45) is 1.26. The van der Waals surface area contributed by atoms with Crippen molar-refractivity contribution in [3.63, 3.8) is 0 Å². The molecule has 3 rings (SSSR count). The number of nitro groups is 1. The van der Waals surface area contributed by atoms with E-state index in [4.69, 9.17) is 11.6 Å². The van der Waals surface area contributed by atoms with Gasteiger partial charge in [-0.25, -0.2) is 14.6 Å². The average molecular weight is 359 g/mol. The van der Waals surface area contributed by atoms with E-state index in [0.717, 1.165) is 17.0 Å². The first-order valence-corrected chi connectivity index (χ1v) is 7.81. The molecule has 0 atom stereocenters. The molecule has 0 bridgehead atoms. The van der Waals surface area contributed by atoms with Gasteiger partial charge >= 0.3 is 5.69 Å². The predicted octanol–water partition coefficient (Wildman–Crippen LogP) is 3.89. The second-order valence-electron chi connectivity index (χ2n) is 5.58. The van der Waals surface area contributed by atoms with Gasteiger partial charge in [-0.1, -0.05) is 17.7 Å². The van der Waals surface area contributed by atoms with Crippen molar-refractivity contribution in [2.75, 3.05) is 5.32 Å². The molecular formula is C16H15ClN6O2. The van der Waals surface area contributed by atoms with Gasteiger partial charge in [0.15, 0.2) is 0 Å². The Hall–Kier alpha value is -3.00. The molecule has 128 valence electrons. The highest BCUT2D eigenvalue weighted by molar-refractivity contribution is 6.31. The second-order valence-corrected chi connectivity index (χ2v) is 5.99. The van der Waals surface area contributed by atoms with Gasteiger partial charge in [0, 0.05) is 16.4 Å². The summed E-state index contributed by atoms with van der Waals surface area (Å²) in [5, 5.41) is 19.4. The van der Waals surface area contributed by atoms with E-state index in [-0.39, 0.29) is 17.3 Å². The maximum Gasteiger partial charge on any atom is 0.355 e.